The minimum absolute atomic E-state index is 0.0111. The van der Waals surface area contributed by atoms with Crippen molar-refractivity contribution in [1.82, 2.24) is 4.90 Å². The smallest absolute Gasteiger partial charge is 0.264 e. The van der Waals surface area contributed by atoms with E-state index >= 15 is 0 Å². The van der Waals surface area contributed by atoms with Gasteiger partial charge >= 0.3 is 0 Å². The molecule has 2 N–H and O–H groups in total. The molecule has 0 radical (unpaired) electrons. The first-order valence-electron chi connectivity index (χ1n) is 9.40. The van der Waals surface area contributed by atoms with Crippen LogP contribution >= 0.6 is 11.3 Å². The number of aryl methyl sites for hydroxylation is 2. The van der Waals surface area contributed by atoms with Gasteiger partial charge in [0.25, 0.3) is 5.91 Å². The first-order valence-corrected chi connectivity index (χ1v) is 10.2. The summed E-state index contributed by atoms with van der Waals surface area (Å²) in [4.78, 5) is 39.6. The van der Waals surface area contributed by atoms with Gasteiger partial charge in [0.05, 0.1) is 4.88 Å². The second-order valence-electron chi connectivity index (χ2n) is 6.57. The molecule has 0 aliphatic rings. The number of hydrogen-bond donors (Lipinski definition) is 2. The molecule has 0 saturated heterocycles. The van der Waals surface area contributed by atoms with Gasteiger partial charge in [-0.3, -0.25) is 14.4 Å². The lowest BCUT2D eigenvalue weighted by molar-refractivity contribution is -0.117. The van der Waals surface area contributed by atoms with Crippen molar-refractivity contribution in [2.24, 2.45) is 0 Å². The van der Waals surface area contributed by atoms with Crippen molar-refractivity contribution in [3.05, 3.63) is 45.6 Å². The lowest BCUT2D eigenvalue weighted by Crippen LogP contribution is -2.37. The topological polar surface area (TPSA) is 78.5 Å². The van der Waals surface area contributed by atoms with Gasteiger partial charge < -0.3 is 15.5 Å². The molecule has 0 fully saturated rings. The Morgan fingerprint density at radius 1 is 1.04 bits per heavy atom. The molecular weight excluding hydrogens is 374 g/mol. The number of likely N-dealkylation sites (N-methyl/N-ethyl adjacent to an activating group) is 1. The van der Waals surface area contributed by atoms with Gasteiger partial charge in [0.1, 0.15) is 6.54 Å². The molecule has 3 amide bonds. The highest BCUT2D eigenvalue weighted by molar-refractivity contribution is 7.14. The Balaban J connectivity index is 1.99. The summed E-state index contributed by atoms with van der Waals surface area (Å²) in [6, 6.07) is 8.79. The van der Waals surface area contributed by atoms with Crippen LogP contribution in [0.5, 0.6) is 0 Å². The molecular formula is C21H27N3O3S. The number of thiophene rings is 1. The Bertz CT molecular complexity index is 843. The second-order valence-corrected chi connectivity index (χ2v) is 7.82. The zero-order chi connectivity index (χ0) is 20.7. The van der Waals surface area contributed by atoms with Crippen molar-refractivity contribution in [3.8, 4) is 0 Å². The molecule has 2 aromatic rings. The fourth-order valence-electron chi connectivity index (χ4n) is 2.84. The predicted octanol–water partition coefficient (Wildman–Crippen LogP) is 4.07. The first-order chi connectivity index (χ1) is 13.3. The molecule has 1 aromatic heterocycles. The van der Waals surface area contributed by atoms with Gasteiger partial charge in [0.2, 0.25) is 11.8 Å². The normalized spacial score (nSPS) is 10.4. The minimum atomic E-state index is -0.260. The van der Waals surface area contributed by atoms with E-state index in [1.54, 1.807) is 29.2 Å². The first kappa shape index (κ1) is 21.6. The Kier molecular flexibility index (Phi) is 7.75. The SMILES string of the molecule is CCCc1cc(C(=O)N(CC)CC(=O)Nc2ccc(NC(C)=O)cc2)sc1C. The molecule has 7 heteroatoms. The number of anilines is 2. The molecule has 1 aromatic carbocycles. The van der Waals surface area contributed by atoms with Crippen molar-refractivity contribution < 1.29 is 14.4 Å². The van der Waals surface area contributed by atoms with Crippen LogP contribution in [0.15, 0.2) is 30.3 Å². The summed E-state index contributed by atoms with van der Waals surface area (Å²) in [5, 5.41) is 5.46. The van der Waals surface area contributed by atoms with Gasteiger partial charge in [0, 0.05) is 29.7 Å². The number of rotatable bonds is 8. The summed E-state index contributed by atoms with van der Waals surface area (Å²) in [6.45, 7) is 7.88. The van der Waals surface area contributed by atoms with E-state index in [0.29, 0.717) is 22.8 Å². The van der Waals surface area contributed by atoms with Crippen LogP contribution in [0.1, 0.15) is 47.3 Å². The number of nitrogens with zero attached hydrogens (tertiary/aromatic N) is 1. The van der Waals surface area contributed by atoms with Crippen molar-refractivity contribution in [3.63, 3.8) is 0 Å². The van der Waals surface area contributed by atoms with E-state index in [1.165, 1.54) is 23.8 Å². The lowest BCUT2D eigenvalue weighted by atomic mass is 10.1. The molecule has 150 valence electrons. The third kappa shape index (κ3) is 5.92. The molecule has 1 heterocycles. The van der Waals surface area contributed by atoms with E-state index in [4.69, 9.17) is 0 Å². The molecule has 0 bridgehead atoms. The zero-order valence-corrected chi connectivity index (χ0v) is 17.6. The van der Waals surface area contributed by atoms with Crippen LogP contribution in [-0.4, -0.2) is 35.7 Å². The highest BCUT2D eigenvalue weighted by Gasteiger charge is 2.20. The monoisotopic (exact) mass is 401 g/mol. The standard InChI is InChI=1S/C21H27N3O3S/c1-5-7-16-12-19(28-14(16)3)21(27)24(6-2)13-20(26)23-18-10-8-17(9-11-18)22-15(4)25/h8-12H,5-7,13H2,1-4H3,(H,22,25)(H,23,26). The van der Waals surface area contributed by atoms with Gasteiger partial charge in [-0.1, -0.05) is 13.3 Å². The molecule has 2 rings (SSSR count). The van der Waals surface area contributed by atoms with Gasteiger partial charge in [-0.2, -0.15) is 0 Å². The molecule has 6 nitrogen and oxygen atoms in total. The fraction of sp³-hybridized carbons (Fsp3) is 0.381. The zero-order valence-electron chi connectivity index (χ0n) is 16.8. The molecule has 0 unspecified atom stereocenters. The predicted molar refractivity (Wildman–Crippen MR) is 114 cm³/mol. The van der Waals surface area contributed by atoms with E-state index in [2.05, 4.69) is 17.6 Å². The Morgan fingerprint density at radius 3 is 2.18 bits per heavy atom. The van der Waals surface area contributed by atoms with E-state index in [0.717, 1.165) is 17.7 Å². The summed E-state index contributed by atoms with van der Waals surface area (Å²) in [5.41, 5.74) is 2.47. The number of benzene rings is 1. The maximum absolute atomic E-state index is 12.8. The Labute approximate surface area is 169 Å². The van der Waals surface area contributed by atoms with Crippen LogP contribution in [0.2, 0.25) is 0 Å². The van der Waals surface area contributed by atoms with Crippen LogP contribution < -0.4 is 10.6 Å². The third-order valence-corrected chi connectivity index (χ3v) is 5.32. The highest BCUT2D eigenvalue weighted by Crippen LogP contribution is 2.24. The summed E-state index contributed by atoms with van der Waals surface area (Å²) in [6.07, 6.45) is 1.99. The van der Waals surface area contributed by atoms with Gasteiger partial charge in [0.15, 0.2) is 0 Å². The van der Waals surface area contributed by atoms with Crippen LogP contribution in [0.25, 0.3) is 0 Å². The molecule has 0 atom stereocenters. The molecule has 28 heavy (non-hydrogen) atoms. The molecule has 0 spiro atoms. The van der Waals surface area contributed by atoms with Gasteiger partial charge in [-0.15, -0.1) is 11.3 Å². The quantitative estimate of drug-likeness (QED) is 0.700. The molecule has 0 aliphatic carbocycles. The number of amides is 3. The number of carbonyl (C=O) groups is 3. The Morgan fingerprint density at radius 2 is 1.64 bits per heavy atom. The van der Waals surface area contributed by atoms with Crippen LogP contribution in [0, 0.1) is 6.92 Å². The average Bonchev–Trinajstić information content (AvgIpc) is 3.01. The van der Waals surface area contributed by atoms with Crippen LogP contribution in [-0.2, 0) is 16.0 Å². The lowest BCUT2D eigenvalue weighted by Gasteiger charge is -2.19. The summed E-state index contributed by atoms with van der Waals surface area (Å²) < 4.78 is 0. The minimum Gasteiger partial charge on any atom is -0.329 e. The van der Waals surface area contributed by atoms with E-state index in [1.807, 2.05) is 19.9 Å². The maximum atomic E-state index is 12.8. The molecule has 0 aliphatic heterocycles. The fourth-order valence-corrected chi connectivity index (χ4v) is 3.88. The van der Waals surface area contributed by atoms with Gasteiger partial charge in [-0.05, 0) is 56.2 Å². The van der Waals surface area contributed by atoms with Crippen molar-refractivity contribution in [2.45, 2.75) is 40.5 Å². The number of hydrogen-bond acceptors (Lipinski definition) is 4. The van der Waals surface area contributed by atoms with Gasteiger partial charge in [-0.25, -0.2) is 0 Å². The summed E-state index contributed by atoms with van der Waals surface area (Å²) in [7, 11) is 0. The maximum Gasteiger partial charge on any atom is 0.264 e. The summed E-state index contributed by atoms with van der Waals surface area (Å²) in [5.74, 6) is -0.529. The highest BCUT2D eigenvalue weighted by atomic mass is 32.1. The van der Waals surface area contributed by atoms with E-state index < -0.39 is 0 Å². The Hall–Kier alpha value is -2.67. The van der Waals surface area contributed by atoms with Crippen LogP contribution in [0.4, 0.5) is 11.4 Å². The number of carbonyl (C=O) groups excluding carboxylic acids is 3. The van der Waals surface area contributed by atoms with Crippen LogP contribution in [0.3, 0.4) is 0 Å². The van der Waals surface area contributed by atoms with Crippen molar-refractivity contribution in [1.29, 1.82) is 0 Å². The summed E-state index contributed by atoms with van der Waals surface area (Å²) >= 11 is 1.49. The third-order valence-electron chi connectivity index (χ3n) is 4.24. The second kappa shape index (κ2) is 10.0. The average molecular weight is 402 g/mol. The molecule has 0 saturated carbocycles. The number of nitrogens with one attached hydrogen (secondary N) is 2. The van der Waals surface area contributed by atoms with E-state index in [9.17, 15) is 14.4 Å². The van der Waals surface area contributed by atoms with Crippen molar-refractivity contribution in [2.75, 3.05) is 23.7 Å². The van der Waals surface area contributed by atoms with Crippen molar-refractivity contribution >= 4 is 40.4 Å². The largest absolute Gasteiger partial charge is 0.329 e. The van der Waals surface area contributed by atoms with E-state index in [-0.39, 0.29) is 24.3 Å².